The Kier molecular flexibility index (Phi) is 5.96. The normalized spacial score (nSPS) is 12.6. The van der Waals surface area contributed by atoms with Gasteiger partial charge >= 0.3 is 0 Å². The first kappa shape index (κ1) is 20.5. The molecule has 1 heterocycles. The molecule has 0 bridgehead atoms. The first-order valence-electron chi connectivity index (χ1n) is 9.45. The van der Waals surface area contributed by atoms with Crippen molar-refractivity contribution in [3.8, 4) is 17.2 Å². The number of hydrogen-bond acceptors (Lipinski definition) is 5. The van der Waals surface area contributed by atoms with Gasteiger partial charge in [-0.1, -0.05) is 13.8 Å². The molecule has 1 aliphatic rings. The van der Waals surface area contributed by atoms with Crippen molar-refractivity contribution in [3.05, 3.63) is 41.5 Å². The third-order valence-electron chi connectivity index (χ3n) is 4.92. The van der Waals surface area contributed by atoms with Crippen LogP contribution in [0.2, 0.25) is 0 Å². The molecule has 7 nitrogen and oxygen atoms in total. The summed E-state index contributed by atoms with van der Waals surface area (Å²) < 4.78 is 15.9. The topological polar surface area (TPSA) is 77.1 Å². The molecule has 0 unspecified atom stereocenters. The van der Waals surface area contributed by atoms with Crippen molar-refractivity contribution in [1.82, 2.24) is 0 Å². The van der Waals surface area contributed by atoms with E-state index in [1.54, 1.807) is 18.2 Å². The predicted octanol–water partition coefficient (Wildman–Crippen LogP) is 3.51. The molecular formula is C22H26N2O5. The van der Waals surface area contributed by atoms with Gasteiger partial charge in [0.25, 0.3) is 5.91 Å². The van der Waals surface area contributed by atoms with Gasteiger partial charge in [0.15, 0.2) is 11.5 Å². The number of nitrogens with one attached hydrogen (secondary N) is 1. The maximum absolute atomic E-state index is 12.8. The lowest BCUT2D eigenvalue weighted by molar-refractivity contribution is -0.121. The van der Waals surface area contributed by atoms with Crippen LogP contribution < -0.4 is 24.4 Å². The van der Waals surface area contributed by atoms with E-state index in [0.717, 1.165) is 17.7 Å². The highest BCUT2D eigenvalue weighted by Gasteiger charge is 2.26. The second-order valence-corrected chi connectivity index (χ2v) is 7.11. The van der Waals surface area contributed by atoms with E-state index in [1.807, 2.05) is 30.9 Å². The standard InChI is InChI=1S/C22H26N2O5/c1-13(2)22(26)24-9-8-14-10-16(6-7-17(14)24)23-21(25)15-11-18(27-3)20(29-5)19(12-15)28-4/h6-7,10-13H,8-9H2,1-5H3,(H,23,25). The second-order valence-electron chi connectivity index (χ2n) is 7.11. The number of carbonyl (C=O) groups excluding carboxylic acids is 2. The minimum Gasteiger partial charge on any atom is -0.493 e. The van der Waals surface area contributed by atoms with E-state index < -0.39 is 0 Å². The van der Waals surface area contributed by atoms with Gasteiger partial charge in [-0.05, 0) is 42.3 Å². The van der Waals surface area contributed by atoms with E-state index in [1.165, 1.54) is 21.3 Å². The average molecular weight is 398 g/mol. The van der Waals surface area contributed by atoms with Crippen LogP contribution in [0.3, 0.4) is 0 Å². The van der Waals surface area contributed by atoms with Crippen LogP contribution in [0.25, 0.3) is 0 Å². The summed E-state index contributed by atoms with van der Waals surface area (Å²) in [6.45, 7) is 4.45. The Labute approximate surface area is 170 Å². The van der Waals surface area contributed by atoms with Gasteiger partial charge in [0, 0.05) is 29.4 Å². The summed E-state index contributed by atoms with van der Waals surface area (Å²) in [6.07, 6.45) is 0.766. The van der Waals surface area contributed by atoms with Crippen LogP contribution in [-0.4, -0.2) is 39.7 Å². The van der Waals surface area contributed by atoms with Crippen LogP contribution >= 0.6 is 0 Å². The predicted molar refractivity (Wildman–Crippen MR) is 111 cm³/mol. The molecule has 2 amide bonds. The lowest BCUT2D eigenvalue weighted by Gasteiger charge is -2.19. The summed E-state index contributed by atoms with van der Waals surface area (Å²) in [5, 5.41) is 2.90. The number of anilines is 2. The fraction of sp³-hybridized carbons (Fsp3) is 0.364. The van der Waals surface area contributed by atoms with Gasteiger partial charge < -0.3 is 24.4 Å². The molecule has 0 aliphatic carbocycles. The lowest BCUT2D eigenvalue weighted by Crippen LogP contribution is -2.32. The van der Waals surface area contributed by atoms with E-state index in [-0.39, 0.29) is 17.7 Å². The maximum Gasteiger partial charge on any atom is 0.255 e. The Hall–Kier alpha value is -3.22. The zero-order chi connectivity index (χ0) is 21.1. The van der Waals surface area contributed by atoms with Crippen LogP contribution in [0.4, 0.5) is 11.4 Å². The molecule has 29 heavy (non-hydrogen) atoms. The highest BCUT2D eigenvalue weighted by atomic mass is 16.5. The van der Waals surface area contributed by atoms with Crippen molar-refractivity contribution < 1.29 is 23.8 Å². The Morgan fingerprint density at radius 2 is 1.66 bits per heavy atom. The number of ether oxygens (including phenoxy) is 3. The van der Waals surface area contributed by atoms with Gasteiger partial charge in [-0.3, -0.25) is 9.59 Å². The van der Waals surface area contributed by atoms with E-state index in [2.05, 4.69) is 5.32 Å². The summed E-state index contributed by atoms with van der Waals surface area (Å²) in [5.41, 5.74) is 3.01. The minimum atomic E-state index is -0.294. The molecule has 0 atom stereocenters. The Balaban J connectivity index is 1.83. The molecule has 2 aromatic carbocycles. The lowest BCUT2D eigenvalue weighted by atomic mass is 10.1. The molecular weight excluding hydrogens is 372 g/mol. The number of nitrogens with zero attached hydrogens (tertiary/aromatic N) is 1. The Morgan fingerprint density at radius 3 is 2.21 bits per heavy atom. The zero-order valence-electron chi connectivity index (χ0n) is 17.4. The molecule has 0 aromatic heterocycles. The van der Waals surface area contributed by atoms with Crippen molar-refractivity contribution in [3.63, 3.8) is 0 Å². The third-order valence-corrected chi connectivity index (χ3v) is 4.92. The van der Waals surface area contributed by atoms with Crippen LogP contribution in [0.15, 0.2) is 30.3 Å². The number of hydrogen-bond donors (Lipinski definition) is 1. The Morgan fingerprint density at radius 1 is 1.00 bits per heavy atom. The molecule has 1 aliphatic heterocycles. The van der Waals surface area contributed by atoms with Crippen molar-refractivity contribution >= 4 is 23.2 Å². The molecule has 7 heteroatoms. The third kappa shape index (κ3) is 3.99. The number of benzene rings is 2. The second kappa shape index (κ2) is 8.43. The molecule has 2 aromatic rings. The molecule has 0 saturated heterocycles. The summed E-state index contributed by atoms with van der Waals surface area (Å²) in [4.78, 5) is 26.9. The van der Waals surface area contributed by atoms with Gasteiger partial charge in [0.05, 0.1) is 21.3 Å². The summed E-state index contributed by atoms with van der Waals surface area (Å²) in [6, 6.07) is 8.81. The molecule has 1 N–H and O–H groups in total. The highest BCUT2D eigenvalue weighted by Crippen LogP contribution is 2.38. The molecule has 0 fully saturated rings. The highest BCUT2D eigenvalue weighted by molar-refractivity contribution is 6.05. The Bertz CT molecular complexity index is 914. The first-order valence-corrected chi connectivity index (χ1v) is 9.45. The first-order chi connectivity index (χ1) is 13.9. The van der Waals surface area contributed by atoms with Crippen LogP contribution in [-0.2, 0) is 11.2 Å². The molecule has 0 radical (unpaired) electrons. The quantitative estimate of drug-likeness (QED) is 0.806. The fourth-order valence-corrected chi connectivity index (χ4v) is 3.44. The van der Waals surface area contributed by atoms with Gasteiger partial charge in [-0.2, -0.15) is 0 Å². The average Bonchev–Trinajstić information content (AvgIpc) is 3.14. The van der Waals surface area contributed by atoms with Crippen LogP contribution in [0, 0.1) is 5.92 Å². The van der Waals surface area contributed by atoms with Crippen molar-refractivity contribution in [2.24, 2.45) is 5.92 Å². The fourth-order valence-electron chi connectivity index (χ4n) is 3.44. The summed E-state index contributed by atoms with van der Waals surface area (Å²) in [7, 11) is 4.52. The van der Waals surface area contributed by atoms with E-state index in [0.29, 0.717) is 35.0 Å². The largest absolute Gasteiger partial charge is 0.493 e. The number of rotatable bonds is 6. The smallest absolute Gasteiger partial charge is 0.255 e. The van der Waals surface area contributed by atoms with Crippen LogP contribution in [0.5, 0.6) is 17.2 Å². The monoisotopic (exact) mass is 398 g/mol. The van der Waals surface area contributed by atoms with Gasteiger partial charge in [0.2, 0.25) is 11.7 Å². The van der Waals surface area contributed by atoms with E-state index >= 15 is 0 Å². The van der Waals surface area contributed by atoms with E-state index in [4.69, 9.17) is 14.2 Å². The number of fused-ring (bicyclic) bond motifs is 1. The number of carbonyl (C=O) groups is 2. The summed E-state index contributed by atoms with van der Waals surface area (Å²) >= 11 is 0. The van der Waals surface area contributed by atoms with Gasteiger partial charge in [0.1, 0.15) is 0 Å². The SMILES string of the molecule is COc1cc(C(=O)Nc2ccc3c(c2)CCN3C(=O)C(C)C)cc(OC)c1OC. The van der Waals surface area contributed by atoms with Crippen LogP contribution in [0.1, 0.15) is 29.8 Å². The van der Waals surface area contributed by atoms with E-state index in [9.17, 15) is 9.59 Å². The molecule has 0 spiro atoms. The molecule has 154 valence electrons. The van der Waals surface area contributed by atoms with Gasteiger partial charge in [-0.15, -0.1) is 0 Å². The molecule has 0 saturated carbocycles. The van der Waals surface area contributed by atoms with Gasteiger partial charge in [-0.25, -0.2) is 0 Å². The number of amides is 2. The zero-order valence-corrected chi connectivity index (χ0v) is 17.4. The molecule has 3 rings (SSSR count). The summed E-state index contributed by atoms with van der Waals surface area (Å²) in [5.74, 6) is 1.01. The minimum absolute atomic E-state index is 0.0552. The number of methoxy groups -OCH3 is 3. The maximum atomic E-state index is 12.8. The van der Waals surface area contributed by atoms with Crippen molar-refractivity contribution in [2.75, 3.05) is 38.1 Å². The van der Waals surface area contributed by atoms with Crippen molar-refractivity contribution in [1.29, 1.82) is 0 Å². The van der Waals surface area contributed by atoms with Crippen molar-refractivity contribution in [2.45, 2.75) is 20.3 Å².